The standard InChI is InChI=1S/C16H15ClN2O2/c1-10-14(7-4-8-15(10)17)16(20)18-13-6-3-5-12(9-13)11(2)19-21/h3-9,21H,1-2H3,(H,18,20)/b19-11-. The summed E-state index contributed by atoms with van der Waals surface area (Å²) in [6.45, 7) is 3.48. The average Bonchev–Trinajstić information content (AvgIpc) is 2.49. The van der Waals surface area contributed by atoms with Gasteiger partial charge in [0.05, 0.1) is 5.71 Å². The van der Waals surface area contributed by atoms with E-state index in [1.165, 1.54) is 0 Å². The molecule has 0 unspecified atom stereocenters. The van der Waals surface area contributed by atoms with E-state index in [9.17, 15) is 4.79 Å². The summed E-state index contributed by atoms with van der Waals surface area (Å²) in [5.74, 6) is -0.231. The number of nitrogens with one attached hydrogen (secondary N) is 1. The molecule has 0 atom stereocenters. The van der Waals surface area contributed by atoms with E-state index in [1.54, 1.807) is 56.3 Å². The summed E-state index contributed by atoms with van der Waals surface area (Å²) in [5, 5.41) is 15.3. The van der Waals surface area contributed by atoms with E-state index in [-0.39, 0.29) is 5.91 Å². The second-order valence-corrected chi connectivity index (χ2v) is 5.04. The number of halogens is 1. The maximum Gasteiger partial charge on any atom is 0.255 e. The molecule has 2 aromatic rings. The van der Waals surface area contributed by atoms with Crippen LogP contribution in [-0.4, -0.2) is 16.8 Å². The van der Waals surface area contributed by atoms with Crippen LogP contribution >= 0.6 is 11.6 Å². The normalized spacial score (nSPS) is 11.3. The molecule has 5 heteroatoms. The maximum atomic E-state index is 12.3. The highest BCUT2D eigenvalue weighted by Gasteiger charge is 2.11. The van der Waals surface area contributed by atoms with Crippen molar-refractivity contribution in [2.75, 3.05) is 5.32 Å². The van der Waals surface area contributed by atoms with Gasteiger partial charge in [-0.15, -0.1) is 0 Å². The highest BCUT2D eigenvalue weighted by molar-refractivity contribution is 6.32. The van der Waals surface area contributed by atoms with Crippen molar-refractivity contribution in [3.8, 4) is 0 Å². The molecule has 0 heterocycles. The molecule has 0 spiro atoms. The first kappa shape index (κ1) is 15.1. The number of anilines is 1. The van der Waals surface area contributed by atoms with Gasteiger partial charge in [0.25, 0.3) is 5.91 Å². The minimum atomic E-state index is -0.231. The van der Waals surface area contributed by atoms with Gasteiger partial charge in [-0.2, -0.15) is 0 Å². The van der Waals surface area contributed by atoms with Crippen molar-refractivity contribution >= 4 is 28.9 Å². The Morgan fingerprint density at radius 1 is 1.24 bits per heavy atom. The number of carbonyl (C=O) groups is 1. The van der Waals surface area contributed by atoms with Crippen LogP contribution in [0.25, 0.3) is 0 Å². The van der Waals surface area contributed by atoms with Gasteiger partial charge in [-0.05, 0) is 43.7 Å². The number of benzene rings is 2. The Bertz CT molecular complexity index is 711. The van der Waals surface area contributed by atoms with Gasteiger partial charge in [-0.25, -0.2) is 0 Å². The minimum Gasteiger partial charge on any atom is -0.411 e. The number of rotatable bonds is 3. The van der Waals surface area contributed by atoms with E-state index >= 15 is 0 Å². The molecule has 0 saturated carbocycles. The number of hydrogen-bond acceptors (Lipinski definition) is 3. The fourth-order valence-electron chi connectivity index (χ4n) is 1.93. The molecule has 1 amide bonds. The number of amides is 1. The number of carbonyl (C=O) groups excluding carboxylic acids is 1. The van der Waals surface area contributed by atoms with E-state index in [0.717, 1.165) is 11.1 Å². The van der Waals surface area contributed by atoms with Crippen LogP contribution < -0.4 is 5.32 Å². The van der Waals surface area contributed by atoms with Gasteiger partial charge in [-0.1, -0.05) is 35.0 Å². The van der Waals surface area contributed by atoms with Crippen molar-refractivity contribution in [2.45, 2.75) is 13.8 Å². The van der Waals surface area contributed by atoms with Gasteiger partial charge in [-0.3, -0.25) is 4.79 Å². The van der Waals surface area contributed by atoms with E-state index in [1.807, 2.05) is 0 Å². The molecule has 0 radical (unpaired) electrons. The zero-order chi connectivity index (χ0) is 15.4. The van der Waals surface area contributed by atoms with Crippen LogP contribution in [0.4, 0.5) is 5.69 Å². The molecule has 0 saturated heterocycles. The number of nitrogens with zero attached hydrogens (tertiary/aromatic N) is 1. The lowest BCUT2D eigenvalue weighted by atomic mass is 10.1. The number of oxime groups is 1. The van der Waals surface area contributed by atoms with Gasteiger partial charge < -0.3 is 10.5 Å². The van der Waals surface area contributed by atoms with Crippen molar-refractivity contribution in [3.63, 3.8) is 0 Å². The second-order valence-electron chi connectivity index (χ2n) is 4.63. The Hall–Kier alpha value is -2.33. The van der Waals surface area contributed by atoms with Crippen molar-refractivity contribution in [1.82, 2.24) is 0 Å². The summed E-state index contributed by atoms with van der Waals surface area (Å²) < 4.78 is 0. The highest BCUT2D eigenvalue weighted by Crippen LogP contribution is 2.20. The molecule has 4 nitrogen and oxygen atoms in total. The SMILES string of the molecule is C/C(=N/O)c1cccc(NC(=O)c2cccc(Cl)c2C)c1. The van der Waals surface area contributed by atoms with Gasteiger partial charge >= 0.3 is 0 Å². The summed E-state index contributed by atoms with van der Waals surface area (Å²) in [4.78, 5) is 12.3. The predicted octanol–water partition coefficient (Wildman–Crippen LogP) is 4.10. The summed E-state index contributed by atoms with van der Waals surface area (Å²) in [6.07, 6.45) is 0. The molecule has 0 aromatic heterocycles. The molecular weight excluding hydrogens is 288 g/mol. The Kier molecular flexibility index (Phi) is 4.60. The fraction of sp³-hybridized carbons (Fsp3) is 0.125. The molecule has 0 aliphatic heterocycles. The quantitative estimate of drug-likeness (QED) is 0.509. The van der Waals surface area contributed by atoms with Crippen LogP contribution in [0.5, 0.6) is 0 Å². The third kappa shape index (κ3) is 3.41. The largest absolute Gasteiger partial charge is 0.411 e. The van der Waals surface area contributed by atoms with Gasteiger partial charge in [0.15, 0.2) is 0 Å². The van der Waals surface area contributed by atoms with Crippen molar-refractivity contribution in [3.05, 3.63) is 64.2 Å². The first-order valence-corrected chi connectivity index (χ1v) is 6.76. The lowest BCUT2D eigenvalue weighted by molar-refractivity contribution is 0.102. The lowest BCUT2D eigenvalue weighted by Gasteiger charge is -2.09. The van der Waals surface area contributed by atoms with Crippen LogP contribution in [0.2, 0.25) is 5.02 Å². The van der Waals surface area contributed by atoms with Crippen molar-refractivity contribution < 1.29 is 10.0 Å². The zero-order valence-electron chi connectivity index (χ0n) is 11.7. The lowest BCUT2D eigenvalue weighted by Crippen LogP contribution is -2.13. The van der Waals surface area contributed by atoms with Crippen LogP contribution in [-0.2, 0) is 0 Å². The van der Waals surface area contributed by atoms with E-state index < -0.39 is 0 Å². The van der Waals surface area contributed by atoms with E-state index in [4.69, 9.17) is 16.8 Å². The molecule has 2 rings (SSSR count). The highest BCUT2D eigenvalue weighted by atomic mass is 35.5. The molecule has 0 aliphatic rings. The summed E-state index contributed by atoms with van der Waals surface area (Å²) in [6, 6.07) is 12.3. The molecular formula is C16H15ClN2O2. The Labute approximate surface area is 128 Å². The zero-order valence-corrected chi connectivity index (χ0v) is 12.5. The van der Waals surface area contributed by atoms with E-state index in [0.29, 0.717) is 22.0 Å². The molecule has 0 bridgehead atoms. The molecule has 108 valence electrons. The Balaban J connectivity index is 2.26. The van der Waals surface area contributed by atoms with Gasteiger partial charge in [0.1, 0.15) is 0 Å². The summed E-state index contributed by atoms with van der Waals surface area (Å²) in [5.41, 5.74) is 3.10. The molecule has 2 N–H and O–H groups in total. The first-order valence-electron chi connectivity index (χ1n) is 6.38. The van der Waals surface area contributed by atoms with E-state index in [2.05, 4.69) is 10.5 Å². The topological polar surface area (TPSA) is 61.7 Å². The number of hydrogen-bond donors (Lipinski definition) is 2. The summed E-state index contributed by atoms with van der Waals surface area (Å²) >= 11 is 6.02. The third-order valence-corrected chi connectivity index (χ3v) is 3.61. The van der Waals surface area contributed by atoms with Crippen LogP contribution in [0.1, 0.15) is 28.4 Å². The molecule has 0 fully saturated rings. The molecule has 0 aliphatic carbocycles. The second kappa shape index (κ2) is 6.41. The first-order chi connectivity index (χ1) is 10.0. The predicted molar refractivity (Wildman–Crippen MR) is 84.6 cm³/mol. The Morgan fingerprint density at radius 2 is 1.95 bits per heavy atom. The fourth-order valence-corrected chi connectivity index (χ4v) is 2.11. The maximum absolute atomic E-state index is 12.3. The van der Waals surface area contributed by atoms with Crippen LogP contribution in [0.3, 0.4) is 0 Å². The Morgan fingerprint density at radius 3 is 2.67 bits per heavy atom. The average molecular weight is 303 g/mol. The van der Waals surface area contributed by atoms with Crippen molar-refractivity contribution in [2.24, 2.45) is 5.16 Å². The van der Waals surface area contributed by atoms with Gasteiger partial charge in [0, 0.05) is 21.8 Å². The monoisotopic (exact) mass is 302 g/mol. The van der Waals surface area contributed by atoms with Crippen LogP contribution in [0.15, 0.2) is 47.6 Å². The molecule has 21 heavy (non-hydrogen) atoms. The smallest absolute Gasteiger partial charge is 0.255 e. The van der Waals surface area contributed by atoms with Gasteiger partial charge in [0.2, 0.25) is 0 Å². The van der Waals surface area contributed by atoms with Crippen molar-refractivity contribution in [1.29, 1.82) is 0 Å². The minimum absolute atomic E-state index is 0.231. The summed E-state index contributed by atoms with van der Waals surface area (Å²) in [7, 11) is 0. The third-order valence-electron chi connectivity index (χ3n) is 3.20. The molecule has 2 aromatic carbocycles. The van der Waals surface area contributed by atoms with Crippen LogP contribution in [0, 0.1) is 6.92 Å².